The Morgan fingerprint density at radius 1 is 0.800 bits per heavy atom. The molecule has 25 heavy (non-hydrogen) atoms. The van der Waals surface area contributed by atoms with Gasteiger partial charge in [0.1, 0.15) is 11.3 Å². The first kappa shape index (κ1) is 15.1. The Kier molecular flexibility index (Phi) is 3.35. The second kappa shape index (κ2) is 5.56. The normalized spacial score (nSPS) is 14.2. The first-order valence-electron chi connectivity index (χ1n) is 7.69. The van der Waals surface area contributed by atoms with Gasteiger partial charge in [0, 0.05) is 23.3 Å². The van der Waals surface area contributed by atoms with Gasteiger partial charge in [-0.15, -0.1) is 0 Å². The summed E-state index contributed by atoms with van der Waals surface area (Å²) in [6.45, 7) is 0. The first-order valence-corrected chi connectivity index (χ1v) is 7.69. The summed E-state index contributed by atoms with van der Waals surface area (Å²) in [4.78, 5) is 11.3. The highest BCUT2D eigenvalue weighted by Gasteiger charge is 2.46. The lowest BCUT2D eigenvalue weighted by Gasteiger charge is -2.28. The molecule has 124 valence electrons. The Labute approximate surface area is 143 Å². The lowest BCUT2D eigenvalue weighted by Crippen LogP contribution is -2.36. The van der Waals surface area contributed by atoms with Crippen molar-refractivity contribution in [2.45, 2.75) is 5.79 Å². The summed E-state index contributed by atoms with van der Waals surface area (Å²) in [6, 6.07) is 21.3. The van der Waals surface area contributed by atoms with Gasteiger partial charge in [-0.25, -0.2) is 4.79 Å². The fourth-order valence-electron chi connectivity index (χ4n) is 2.93. The van der Waals surface area contributed by atoms with Crippen molar-refractivity contribution < 1.29 is 24.5 Å². The van der Waals surface area contributed by atoms with Crippen molar-refractivity contribution in [2.24, 2.45) is 0 Å². The molecule has 1 aliphatic rings. The minimum atomic E-state index is -1.24. The van der Waals surface area contributed by atoms with E-state index in [4.69, 9.17) is 9.47 Å². The van der Waals surface area contributed by atoms with Crippen molar-refractivity contribution in [1.29, 1.82) is 0 Å². The average Bonchev–Trinajstić information content (AvgIpc) is 3.02. The maximum Gasteiger partial charge on any atom is 0.339 e. The number of carboxylic acids is 1. The van der Waals surface area contributed by atoms with Gasteiger partial charge in [0.05, 0.1) is 0 Å². The number of aromatic carboxylic acids is 1. The molecule has 0 atom stereocenters. The average molecular weight is 334 g/mol. The zero-order valence-corrected chi connectivity index (χ0v) is 13.0. The van der Waals surface area contributed by atoms with Crippen molar-refractivity contribution >= 4 is 5.97 Å². The Morgan fingerprint density at radius 2 is 1.28 bits per heavy atom. The summed E-state index contributed by atoms with van der Waals surface area (Å²) in [5, 5.41) is 19.1. The predicted octanol–water partition coefficient (Wildman–Crippen LogP) is 3.76. The van der Waals surface area contributed by atoms with Gasteiger partial charge >= 0.3 is 11.8 Å². The Morgan fingerprint density at radius 3 is 1.76 bits per heavy atom. The maximum atomic E-state index is 11.3. The van der Waals surface area contributed by atoms with E-state index in [1.165, 1.54) is 12.1 Å². The molecule has 0 bridgehead atoms. The number of aromatic hydroxyl groups is 1. The fraction of sp³-hybridized carbons (Fsp3) is 0.0500. The van der Waals surface area contributed by atoms with Crippen LogP contribution in [0.4, 0.5) is 0 Å². The maximum absolute atomic E-state index is 11.3. The quantitative estimate of drug-likeness (QED) is 0.763. The van der Waals surface area contributed by atoms with Gasteiger partial charge in [-0.05, 0) is 0 Å². The standard InChI is InChI=1S/C20H14O5/c21-16-12-18-17(11-15(16)19(22)23)24-20(25-18,13-7-3-1-4-8-13)14-9-5-2-6-10-14/h1-12,21H,(H,22,23). The van der Waals surface area contributed by atoms with Gasteiger partial charge in [0.2, 0.25) is 0 Å². The molecule has 0 unspecified atom stereocenters. The topological polar surface area (TPSA) is 76.0 Å². The minimum absolute atomic E-state index is 0.237. The van der Waals surface area contributed by atoms with Gasteiger partial charge in [-0.3, -0.25) is 0 Å². The molecule has 3 aromatic rings. The molecule has 0 amide bonds. The van der Waals surface area contributed by atoms with Crippen molar-refractivity contribution in [2.75, 3.05) is 0 Å². The van der Waals surface area contributed by atoms with Crippen molar-refractivity contribution in [3.8, 4) is 17.2 Å². The molecule has 1 aliphatic heterocycles. The number of carboxylic acid groups (broad SMARTS) is 1. The van der Waals surface area contributed by atoms with E-state index in [1.807, 2.05) is 60.7 Å². The molecule has 0 aromatic heterocycles. The number of carbonyl (C=O) groups is 1. The zero-order chi connectivity index (χ0) is 17.4. The van der Waals surface area contributed by atoms with Crippen LogP contribution in [0.3, 0.4) is 0 Å². The van der Waals surface area contributed by atoms with E-state index in [0.29, 0.717) is 0 Å². The number of phenols is 1. The predicted molar refractivity (Wildman–Crippen MR) is 90.0 cm³/mol. The highest BCUT2D eigenvalue weighted by molar-refractivity contribution is 5.92. The Balaban J connectivity index is 1.89. The SMILES string of the molecule is O=C(O)c1cc2c(cc1O)OC(c1ccccc1)(c1ccccc1)O2. The molecule has 3 aromatic carbocycles. The van der Waals surface area contributed by atoms with E-state index in [-0.39, 0.29) is 22.8 Å². The number of hydrogen-bond donors (Lipinski definition) is 2. The summed E-state index contributed by atoms with van der Waals surface area (Å²) < 4.78 is 12.2. The van der Waals surface area contributed by atoms with E-state index in [9.17, 15) is 15.0 Å². The second-order valence-electron chi connectivity index (χ2n) is 5.67. The number of benzene rings is 3. The molecule has 1 heterocycles. The van der Waals surface area contributed by atoms with E-state index in [2.05, 4.69) is 0 Å². The fourth-order valence-corrected chi connectivity index (χ4v) is 2.93. The highest BCUT2D eigenvalue weighted by atomic mass is 16.7. The molecule has 4 rings (SSSR count). The number of fused-ring (bicyclic) bond motifs is 1. The molecular weight excluding hydrogens is 320 g/mol. The van der Waals surface area contributed by atoms with Gasteiger partial charge in [-0.2, -0.15) is 0 Å². The van der Waals surface area contributed by atoms with E-state index >= 15 is 0 Å². The van der Waals surface area contributed by atoms with Crippen LogP contribution < -0.4 is 9.47 Å². The smallest absolute Gasteiger partial charge is 0.339 e. The van der Waals surface area contributed by atoms with Gasteiger partial charge in [0.25, 0.3) is 0 Å². The highest BCUT2D eigenvalue weighted by Crippen LogP contribution is 2.49. The lowest BCUT2D eigenvalue weighted by atomic mass is 9.97. The molecule has 0 aliphatic carbocycles. The van der Waals surface area contributed by atoms with Crippen LogP contribution in [0.1, 0.15) is 21.5 Å². The summed E-state index contributed by atoms with van der Waals surface area (Å²) in [7, 11) is 0. The number of ether oxygens (including phenoxy) is 2. The molecule has 0 fully saturated rings. The Hall–Kier alpha value is -3.47. The van der Waals surface area contributed by atoms with Crippen LogP contribution in [0, 0.1) is 0 Å². The van der Waals surface area contributed by atoms with Crippen LogP contribution in [-0.2, 0) is 5.79 Å². The van der Waals surface area contributed by atoms with E-state index in [0.717, 1.165) is 11.1 Å². The largest absolute Gasteiger partial charge is 0.507 e. The summed E-state index contributed by atoms with van der Waals surface area (Å²) in [5.74, 6) is -2.29. The molecule has 5 nitrogen and oxygen atoms in total. The molecule has 0 saturated carbocycles. The summed E-state index contributed by atoms with van der Waals surface area (Å²) >= 11 is 0. The molecule has 5 heteroatoms. The molecule has 0 spiro atoms. The van der Waals surface area contributed by atoms with E-state index in [1.54, 1.807) is 0 Å². The molecule has 2 N–H and O–H groups in total. The summed E-state index contributed by atoms with van der Waals surface area (Å²) in [6.07, 6.45) is 0. The van der Waals surface area contributed by atoms with Crippen LogP contribution in [0.25, 0.3) is 0 Å². The van der Waals surface area contributed by atoms with Crippen molar-refractivity contribution in [1.82, 2.24) is 0 Å². The third-order valence-electron chi connectivity index (χ3n) is 4.11. The van der Waals surface area contributed by atoms with Gasteiger partial charge in [0.15, 0.2) is 11.5 Å². The first-order chi connectivity index (χ1) is 12.1. The number of hydrogen-bond acceptors (Lipinski definition) is 4. The third-order valence-corrected chi connectivity index (χ3v) is 4.11. The number of rotatable bonds is 3. The molecule has 0 radical (unpaired) electrons. The van der Waals surface area contributed by atoms with Gasteiger partial charge < -0.3 is 19.7 Å². The molecule has 0 saturated heterocycles. The van der Waals surface area contributed by atoms with Crippen molar-refractivity contribution in [3.63, 3.8) is 0 Å². The third kappa shape index (κ3) is 2.37. The minimum Gasteiger partial charge on any atom is -0.507 e. The van der Waals surface area contributed by atoms with Crippen LogP contribution >= 0.6 is 0 Å². The van der Waals surface area contributed by atoms with Gasteiger partial charge in [-0.1, -0.05) is 60.7 Å². The zero-order valence-electron chi connectivity index (χ0n) is 13.0. The van der Waals surface area contributed by atoms with Crippen molar-refractivity contribution in [3.05, 3.63) is 89.5 Å². The Bertz CT molecular complexity index is 896. The summed E-state index contributed by atoms with van der Waals surface area (Å²) in [5.41, 5.74) is 1.28. The van der Waals surface area contributed by atoms with Crippen LogP contribution in [0.2, 0.25) is 0 Å². The van der Waals surface area contributed by atoms with Crippen LogP contribution in [0.15, 0.2) is 72.8 Å². The second-order valence-corrected chi connectivity index (χ2v) is 5.67. The van der Waals surface area contributed by atoms with E-state index < -0.39 is 11.8 Å². The monoisotopic (exact) mass is 334 g/mol. The van der Waals surface area contributed by atoms with Crippen LogP contribution in [-0.4, -0.2) is 16.2 Å². The van der Waals surface area contributed by atoms with Crippen LogP contribution in [0.5, 0.6) is 17.2 Å². The molecular formula is C20H14O5. The lowest BCUT2D eigenvalue weighted by molar-refractivity contribution is -0.0459.